The summed E-state index contributed by atoms with van der Waals surface area (Å²) in [6.45, 7) is 4.54. The van der Waals surface area contributed by atoms with Gasteiger partial charge in [0.1, 0.15) is 28.1 Å². The van der Waals surface area contributed by atoms with Crippen LogP contribution in [-0.2, 0) is 14.8 Å². The lowest BCUT2D eigenvalue weighted by atomic mass is 9.82. The van der Waals surface area contributed by atoms with Gasteiger partial charge in [-0.2, -0.15) is 17.5 Å². The number of nitrogens with zero attached hydrogens (tertiary/aromatic N) is 3. The van der Waals surface area contributed by atoms with Gasteiger partial charge < -0.3 is 25.8 Å². The Morgan fingerprint density at radius 2 is 1.90 bits per heavy atom. The lowest BCUT2D eigenvalue weighted by molar-refractivity contribution is -0.0927. The lowest BCUT2D eigenvalue weighted by Crippen LogP contribution is -2.51. The number of sulfonamides is 1. The van der Waals surface area contributed by atoms with E-state index in [1.54, 1.807) is 6.92 Å². The van der Waals surface area contributed by atoms with E-state index >= 15 is 4.39 Å². The molecule has 0 amide bonds. The van der Waals surface area contributed by atoms with E-state index in [0.717, 1.165) is 25.2 Å². The van der Waals surface area contributed by atoms with Crippen LogP contribution in [0.4, 0.5) is 23.2 Å². The number of nitrogens with one attached hydrogen (secondary N) is 2. The molecule has 1 unspecified atom stereocenters. The Hall–Kier alpha value is -2.72. The Kier molecular flexibility index (Phi) is 8.11. The summed E-state index contributed by atoms with van der Waals surface area (Å²) in [6, 6.07) is 2.35. The first kappa shape index (κ1) is 29.8. The molecule has 10 nitrogen and oxygen atoms in total. The topological polar surface area (TPSA) is 122 Å². The molecule has 0 aliphatic carbocycles. The molecule has 4 N–H and O–H groups in total. The molecule has 0 spiro atoms. The Labute approximate surface area is 236 Å². The second-order valence-electron chi connectivity index (χ2n) is 10.5. The molecule has 1 aromatic carbocycles. The van der Waals surface area contributed by atoms with Gasteiger partial charge in [-0.15, -0.1) is 0 Å². The molecule has 0 radical (unpaired) electrons. The molecule has 15 heteroatoms. The number of fused-ring (bicyclic) bond motifs is 1. The number of morpholine rings is 1. The molecule has 4 aliphatic heterocycles. The highest BCUT2D eigenvalue weighted by Gasteiger charge is 2.47. The molecule has 0 bridgehead atoms. The molecule has 1 atom stereocenters. The van der Waals surface area contributed by atoms with Gasteiger partial charge in [-0.3, -0.25) is 9.89 Å². The fourth-order valence-corrected chi connectivity index (χ4v) is 7.34. The third kappa shape index (κ3) is 5.69. The highest BCUT2D eigenvalue weighted by Crippen LogP contribution is 2.40. The first-order chi connectivity index (χ1) is 19.4. The van der Waals surface area contributed by atoms with Crippen LogP contribution in [0.15, 0.2) is 45.1 Å². The van der Waals surface area contributed by atoms with Crippen molar-refractivity contribution < 1.29 is 35.5 Å². The quantitative estimate of drug-likeness (QED) is 0.408. The number of rotatable bonds is 7. The Morgan fingerprint density at radius 3 is 2.51 bits per heavy atom. The van der Waals surface area contributed by atoms with E-state index in [0.29, 0.717) is 26.1 Å². The van der Waals surface area contributed by atoms with Crippen molar-refractivity contribution in [1.29, 1.82) is 0 Å². The van der Waals surface area contributed by atoms with E-state index in [2.05, 4.69) is 20.5 Å². The zero-order chi connectivity index (χ0) is 29.6. The maximum atomic E-state index is 15.4. The van der Waals surface area contributed by atoms with Crippen molar-refractivity contribution in [3.63, 3.8) is 0 Å². The molecular formula is C26H34F4N6O4S. The smallest absolute Gasteiger partial charge is 0.414 e. The number of anilines is 1. The number of halogens is 4. The van der Waals surface area contributed by atoms with Gasteiger partial charge in [0, 0.05) is 49.9 Å². The molecule has 41 heavy (non-hydrogen) atoms. The Bertz CT molecular complexity index is 1380. The summed E-state index contributed by atoms with van der Waals surface area (Å²) in [6.07, 6.45) is -1.80. The van der Waals surface area contributed by atoms with Gasteiger partial charge in [0.05, 0.1) is 43.7 Å². The van der Waals surface area contributed by atoms with E-state index < -0.39 is 44.6 Å². The second kappa shape index (κ2) is 11.2. The molecule has 4 heterocycles. The zero-order valence-electron chi connectivity index (χ0n) is 22.9. The normalized spacial score (nSPS) is 25.0. The van der Waals surface area contributed by atoms with Crippen LogP contribution in [0.2, 0.25) is 0 Å². The standard InChI is InChI=1S/C26H34F4N6O4S/c1-3-25(31)14-22(34-24-23(25)17(15-32-24)26(28,29)30)33-19-12-18(27)21(13-20(19)39-2)41(37,38)36-6-4-16(5-7-36)35-8-10-40-11-9-35/h12-14,16,33H,3-11,15,31H2,1-2H3,(H,32,34). The molecule has 0 aromatic heterocycles. The molecular weight excluding hydrogens is 568 g/mol. The minimum atomic E-state index is -4.59. The molecule has 0 saturated carbocycles. The van der Waals surface area contributed by atoms with E-state index in [-0.39, 0.29) is 54.2 Å². The maximum Gasteiger partial charge on any atom is 0.414 e. The minimum absolute atomic E-state index is 0.0224. The van der Waals surface area contributed by atoms with Crippen molar-refractivity contribution in [1.82, 2.24) is 14.5 Å². The number of hydrogen-bond acceptors (Lipinski definition) is 9. The van der Waals surface area contributed by atoms with E-state index in [1.807, 2.05) is 0 Å². The summed E-state index contributed by atoms with van der Waals surface area (Å²) >= 11 is 0. The summed E-state index contributed by atoms with van der Waals surface area (Å²) in [7, 11) is -2.85. The van der Waals surface area contributed by atoms with E-state index in [1.165, 1.54) is 17.5 Å². The number of benzene rings is 1. The number of ether oxygens (including phenoxy) is 2. The largest absolute Gasteiger partial charge is 0.495 e. The van der Waals surface area contributed by atoms with Crippen molar-refractivity contribution in [2.24, 2.45) is 10.7 Å². The van der Waals surface area contributed by atoms with Gasteiger partial charge >= 0.3 is 6.18 Å². The van der Waals surface area contributed by atoms with Crippen molar-refractivity contribution in [2.45, 2.75) is 48.8 Å². The first-order valence-corrected chi connectivity index (χ1v) is 14.9. The number of piperidine rings is 1. The highest BCUT2D eigenvalue weighted by molar-refractivity contribution is 7.89. The third-order valence-corrected chi connectivity index (χ3v) is 10.0. The van der Waals surface area contributed by atoms with Crippen LogP contribution in [0, 0.1) is 5.82 Å². The number of aliphatic imine (C=N–C) groups is 1. The summed E-state index contributed by atoms with van der Waals surface area (Å²) in [5.41, 5.74) is 4.03. The molecule has 2 saturated heterocycles. The molecule has 4 aliphatic rings. The van der Waals surface area contributed by atoms with Crippen molar-refractivity contribution in [3.05, 3.63) is 41.0 Å². The van der Waals surface area contributed by atoms with Crippen LogP contribution in [0.3, 0.4) is 0 Å². The number of alkyl halides is 3. The SMILES string of the molecule is CCC1(N)C=C(Nc2cc(F)c(S(=O)(=O)N3CCC(N4CCOCC4)CC3)cc2OC)NC2=NCC(C(F)(F)F)=C21. The van der Waals surface area contributed by atoms with Crippen LogP contribution >= 0.6 is 0 Å². The van der Waals surface area contributed by atoms with Gasteiger partial charge in [0.25, 0.3) is 0 Å². The fraction of sp³-hybridized carbons (Fsp3) is 0.577. The van der Waals surface area contributed by atoms with Gasteiger partial charge in [-0.25, -0.2) is 12.8 Å². The summed E-state index contributed by atoms with van der Waals surface area (Å²) < 4.78 is 95.2. The third-order valence-electron chi connectivity index (χ3n) is 8.11. The molecule has 226 valence electrons. The highest BCUT2D eigenvalue weighted by atomic mass is 32.2. The van der Waals surface area contributed by atoms with Gasteiger partial charge in [0.2, 0.25) is 10.0 Å². The fourth-order valence-electron chi connectivity index (χ4n) is 5.81. The summed E-state index contributed by atoms with van der Waals surface area (Å²) in [5.74, 6) is -0.821. The number of methoxy groups -OCH3 is 1. The molecule has 2 fully saturated rings. The molecule has 1 aromatic rings. The predicted molar refractivity (Wildman–Crippen MR) is 145 cm³/mol. The van der Waals surface area contributed by atoms with E-state index in [4.69, 9.17) is 15.2 Å². The van der Waals surface area contributed by atoms with Crippen molar-refractivity contribution in [3.8, 4) is 5.75 Å². The monoisotopic (exact) mass is 602 g/mol. The number of nitrogens with two attached hydrogens (primary N) is 1. The van der Waals surface area contributed by atoms with E-state index in [9.17, 15) is 21.6 Å². The van der Waals surface area contributed by atoms with Crippen LogP contribution in [0.5, 0.6) is 5.75 Å². The lowest BCUT2D eigenvalue weighted by Gasteiger charge is -2.39. The van der Waals surface area contributed by atoms with Crippen LogP contribution in [-0.4, -0.2) is 94.3 Å². The average Bonchev–Trinajstić information content (AvgIpc) is 3.39. The number of amidine groups is 1. The summed E-state index contributed by atoms with van der Waals surface area (Å²) in [5, 5.41) is 5.69. The summed E-state index contributed by atoms with van der Waals surface area (Å²) in [4.78, 5) is 5.77. The minimum Gasteiger partial charge on any atom is -0.495 e. The van der Waals surface area contributed by atoms with Gasteiger partial charge in [0.15, 0.2) is 0 Å². The first-order valence-electron chi connectivity index (χ1n) is 13.5. The van der Waals surface area contributed by atoms with Crippen molar-refractivity contribution >= 4 is 21.5 Å². The van der Waals surface area contributed by atoms with Gasteiger partial charge in [-0.1, -0.05) is 6.92 Å². The van der Waals surface area contributed by atoms with Crippen LogP contribution in [0.25, 0.3) is 0 Å². The predicted octanol–water partition coefficient (Wildman–Crippen LogP) is 2.55. The maximum absolute atomic E-state index is 15.4. The zero-order valence-corrected chi connectivity index (χ0v) is 23.7. The van der Waals surface area contributed by atoms with Crippen LogP contribution in [0.1, 0.15) is 26.2 Å². The van der Waals surface area contributed by atoms with Gasteiger partial charge in [-0.05, 0) is 25.3 Å². The van der Waals surface area contributed by atoms with Crippen molar-refractivity contribution in [2.75, 3.05) is 58.4 Å². The Morgan fingerprint density at radius 1 is 1.22 bits per heavy atom. The number of hydrogen-bond donors (Lipinski definition) is 3. The molecule has 5 rings (SSSR count). The second-order valence-corrected chi connectivity index (χ2v) is 12.4. The Balaban J connectivity index is 1.37. The van der Waals surface area contributed by atoms with Crippen LogP contribution < -0.4 is 21.1 Å². The average molecular weight is 603 g/mol.